The molecule has 4 heteroatoms. The van der Waals surface area contributed by atoms with Gasteiger partial charge >= 0.3 is 0 Å². The predicted molar refractivity (Wildman–Crippen MR) is 70.3 cm³/mol. The Morgan fingerprint density at radius 3 is 2.88 bits per heavy atom. The number of rotatable bonds is 3. The number of nitrogens with zero attached hydrogens (tertiary/aromatic N) is 2. The van der Waals surface area contributed by atoms with Gasteiger partial charge in [-0.3, -0.25) is 0 Å². The highest BCUT2D eigenvalue weighted by atomic mass is 35.5. The van der Waals surface area contributed by atoms with Crippen molar-refractivity contribution in [1.29, 1.82) is 0 Å². The number of aromatic nitrogens is 2. The number of benzene rings is 1. The number of para-hydroxylation sites is 1. The summed E-state index contributed by atoms with van der Waals surface area (Å²) >= 11 is 5.92. The maximum atomic E-state index is 5.92. The molecule has 3 nitrogen and oxygen atoms in total. The molecule has 0 bridgehead atoms. The van der Waals surface area contributed by atoms with Crippen LogP contribution in [0.4, 0.5) is 5.82 Å². The summed E-state index contributed by atoms with van der Waals surface area (Å²) in [7, 11) is 0. The normalized spacial score (nSPS) is 22.7. The highest BCUT2D eigenvalue weighted by Gasteiger charge is 2.32. The standard InChI is InChI=1S/C13H14ClN3/c1-8-6-9(8)7-15-12-10-4-2-3-5-11(10)16-13(14)17-12/h2-5,8-9H,6-7H2,1H3,(H,15,16,17). The van der Waals surface area contributed by atoms with Gasteiger partial charge in [0.2, 0.25) is 5.28 Å². The van der Waals surface area contributed by atoms with Crippen LogP contribution >= 0.6 is 11.6 Å². The zero-order valence-corrected chi connectivity index (χ0v) is 10.4. The van der Waals surface area contributed by atoms with E-state index in [2.05, 4.69) is 22.2 Å². The second-order valence-corrected chi connectivity index (χ2v) is 5.05. The second-order valence-electron chi connectivity index (χ2n) is 4.71. The third kappa shape index (κ3) is 2.20. The SMILES string of the molecule is CC1CC1CNc1nc(Cl)nc2ccccc12. The minimum atomic E-state index is 0.301. The summed E-state index contributed by atoms with van der Waals surface area (Å²) in [5.41, 5.74) is 0.888. The van der Waals surface area contributed by atoms with Gasteiger partial charge in [-0.2, -0.15) is 0 Å². The largest absolute Gasteiger partial charge is 0.369 e. The molecule has 1 fully saturated rings. The number of hydrogen-bond donors (Lipinski definition) is 1. The number of nitrogens with one attached hydrogen (secondary N) is 1. The molecule has 3 rings (SSSR count). The molecule has 17 heavy (non-hydrogen) atoms. The molecular weight excluding hydrogens is 234 g/mol. The Bertz CT molecular complexity index is 555. The van der Waals surface area contributed by atoms with Gasteiger partial charge in [-0.25, -0.2) is 9.97 Å². The summed E-state index contributed by atoms with van der Waals surface area (Å²) in [6.07, 6.45) is 1.31. The minimum Gasteiger partial charge on any atom is -0.369 e. The lowest BCUT2D eigenvalue weighted by Gasteiger charge is -2.08. The fourth-order valence-corrected chi connectivity index (χ4v) is 2.27. The van der Waals surface area contributed by atoms with E-state index in [9.17, 15) is 0 Å². The van der Waals surface area contributed by atoms with E-state index in [1.165, 1.54) is 6.42 Å². The van der Waals surface area contributed by atoms with Gasteiger partial charge in [0.25, 0.3) is 0 Å². The van der Waals surface area contributed by atoms with Crippen molar-refractivity contribution in [3.05, 3.63) is 29.5 Å². The lowest BCUT2D eigenvalue weighted by Crippen LogP contribution is -2.07. The van der Waals surface area contributed by atoms with Crippen molar-refractivity contribution in [2.24, 2.45) is 11.8 Å². The van der Waals surface area contributed by atoms with Crippen LogP contribution in [-0.4, -0.2) is 16.5 Å². The number of hydrogen-bond acceptors (Lipinski definition) is 3. The zero-order chi connectivity index (χ0) is 11.8. The average molecular weight is 248 g/mol. The van der Waals surface area contributed by atoms with Crippen LogP contribution in [0.2, 0.25) is 5.28 Å². The van der Waals surface area contributed by atoms with Gasteiger partial charge in [-0.05, 0) is 42.0 Å². The van der Waals surface area contributed by atoms with Crippen molar-refractivity contribution >= 4 is 28.3 Å². The van der Waals surface area contributed by atoms with Gasteiger partial charge in [0, 0.05) is 11.9 Å². The van der Waals surface area contributed by atoms with Crippen molar-refractivity contribution in [2.75, 3.05) is 11.9 Å². The number of fused-ring (bicyclic) bond motifs is 1. The second kappa shape index (κ2) is 4.15. The molecule has 88 valence electrons. The summed E-state index contributed by atoms with van der Waals surface area (Å²) in [5, 5.41) is 4.72. The van der Waals surface area contributed by atoms with Gasteiger partial charge in [0.15, 0.2) is 0 Å². The summed E-state index contributed by atoms with van der Waals surface area (Å²) in [5.74, 6) is 2.47. The van der Waals surface area contributed by atoms with Crippen LogP contribution in [0.1, 0.15) is 13.3 Å². The van der Waals surface area contributed by atoms with Gasteiger partial charge in [-0.15, -0.1) is 0 Å². The number of anilines is 1. The van der Waals surface area contributed by atoms with Crippen LogP contribution in [0.15, 0.2) is 24.3 Å². The third-order valence-electron chi connectivity index (χ3n) is 3.38. The molecule has 1 N–H and O–H groups in total. The Kier molecular flexibility index (Phi) is 2.63. The Labute approximate surface area is 105 Å². The molecule has 0 amide bonds. The predicted octanol–water partition coefficient (Wildman–Crippen LogP) is 3.35. The smallest absolute Gasteiger partial charge is 0.224 e. The molecule has 1 aliphatic rings. The van der Waals surface area contributed by atoms with Crippen molar-refractivity contribution in [2.45, 2.75) is 13.3 Å². The molecule has 2 aromatic rings. The van der Waals surface area contributed by atoms with E-state index < -0.39 is 0 Å². The molecular formula is C13H14ClN3. The molecule has 1 aromatic heterocycles. The molecule has 0 aliphatic heterocycles. The fourth-order valence-electron chi connectivity index (χ4n) is 2.09. The first kappa shape index (κ1) is 10.8. The Balaban J connectivity index is 1.91. The van der Waals surface area contributed by atoms with Gasteiger partial charge < -0.3 is 5.32 Å². The molecule has 2 unspecified atom stereocenters. The van der Waals surface area contributed by atoms with Crippen molar-refractivity contribution in [3.8, 4) is 0 Å². The van der Waals surface area contributed by atoms with Crippen LogP contribution in [-0.2, 0) is 0 Å². The molecule has 1 saturated carbocycles. The van der Waals surface area contributed by atoms with E-state index >= 15 is 0 Å². The van der Waals surface area contributed by atoms with Crippen LogP contribution in [0.3, 0.4) is 0 Å². The van der Waals surface area contributed by atoms with Crippen LogP contribution < -0.4 is 5.32 Å². The maximum Gasteiger partial charge on any atom is 0.224 e. The summed E-state index contributed by atoms with van der Waals surface area (Å²) in [6.45, 7) is 3.25. The van der Waals surface area contributed by atoms with E-state index in [-0.39, 0.29) is 0 Å². The van der Waals surface area contributed by atoms with Crippen molar-refractivity contribution in [1.82, 2.24) is 9.97 Å². The Hall–Kier alpha value is -1.35. The highest BCUT2D eigenvalue weighted by molar-refractivity contribution is 6.28. The molecule has 0 spiro atoms. The van der Waals surface area contributed by atoms with Gasteiger partial charge in [0.05, 0.1) is 5.52 Å². The molecule has 1 heterocycles. The number of halogens is 1. The van der Waals surface area contributed by atoms with Crippen molar-refractivity contribution < 1.29 is 0 Å². The first-order chi connectivity index (χ1) is 8.24. The molecule has 1 aliphatic carbocycles. The van der Waals surface area contributed by atoms with Gasteiger partial charge in [0.1, 0.15) is 5.82 Å². The summed E-state index contributed by atoms with van der Waals surface area (Å²) < 4.78 is 0. The molecule has 0 radical (unpaired) electrons. The maximum absolute atomic E-state index is 5.92. The quantitative estimate of drug-likeness (QED) is 0.846. The highest BCUT2D eigenvalue weighted by Crippen LogP contribution is 2.37. The first-order valence-corrected chi connectivity index (χ1v) is 6.28. The lowest BCUT2D eigenvalue weighted by molar-refractivity contribution is 0.785. The Morgan fingerprint density at radius 2 is 2.12 bits per heavy atom. The van der Waals surface area contributed by atoms with E-state index in [0.29, 0.717) is 5.28 Å². The molecule has 1 aromatic carbocycles. The summed E-state index contributed by atoms with van der Waals surface area (Å²) in [6, 6.07) is 7.92. The van der Waals surface area contributed by atoms with Crippen LogP contribution in [0.25, 0.3) is 10.9 Å². The first-order valence-electron chi connectivity index (χ1n) is 5.90. The topological polar surface area (TPSA) is 37.8 Å². The lowest BCUT2D eigenvalue weighted by atomic mass is 10.2. The Morgan fingerprint density at radius 1 is 1.35 bits per heavy atom. The average Bonchev–Trinajstić information content (AvgIpc) is 3.02. The van der Waals surface area contributed by atoms with Gasteiger partial charge in [-0.1, -0.05) is 19.1 Å². The van der Waals surface area contributed by atoms with Crippen molar-refractivity contribution in [3.63, 3.8) is 0 Å². The third-order valence-corrected chi connectivity index (χ3v) is 3.55. The zero-order valence-electron chi connectivity index (χ0n) is 9.65. The monoisotopic (exact) mass is 247 g/mol. The molecule has 0 saturated heterocycles. The van der Waals surface area contributed by atoms with Crippen LogP contribution in [0, 0.1) is 11.8 Å². The fraction of sp³-hybridized carbons (Fsp3) is 0.385. The van der Waals surface area contributed by atoms with Crippen LogP contribution in [0.5, 0.6) is 0 Å². The van der Waals surface area contributed by atoms with E-state index in [0.717, 1.165) is 35.1 Å². The minimum absolute atomic E-state index is 0.301. The molecule has 2 atom stereocenters. The van der Waals surface area contributed by atoms with E-state index in [4.69, 9.17) is 11.6 Å². The van der Waals surface area contributed by atoms with E-state index in [1.54, 1.807) is 0 Å². The summed E-state index contributed by atoms with van der Waals surface area (Å²) in [4.78, 5) is 8.48. The van der Waals surface area contributed by atoms with E-state index in [1.807, 2.05) is 24.3 Å².